The number of hydrogen-bond acceptors (Lipinski definition) is 6. The molecule has 0 spiro atoms. The number of methoxy groups -OCH3 is 2. The molecule has 2 aromatic carbocycles. The van der Waals surface area contributed by atoms with Crippen molar-refractivity contribution in [2.75, 3.05) is 39.6 Å². The van der Waals surface area contributed by atoms with Crippen molar-refractivity contribution in [1.29, 1.82) is 0 Å². The number of carbonyl (C=O) groups is 1. The van der Waals surface area contributed by atoms with E-state index in [2.05, 4.69) is 22.0 Å². The minimum Gasteiger partial charge on any atom is -0.497 e. The minimum atomic E-state index is -1.33. The highest BCUT2D eigenvalue weighted by molar-refractivity contribution is 7.99. The first-order valence-electron chi connectivity index (χ1n) is 13.3. The molecule has 1 fully saturated rings. The summed E-state index contributed by atoms with van der Waals surface area (Å²) >= 11 is 8.24. The van der Waals surface area contributed by atoms with Crippen molar-refractivity contribution in [1.82, 2.24) is 9.88 Å². The first-order chi connectivity index (χ1) is 18.8. The van der Waals surface area contributed by atoms with Crippen molar-refractivity contribution >= 4 is 40.2 Å². The van der Waals surface area contributed by atoms with Gasteiger partial charge in [0.15, 0.2) is 0 Å². The van der Waals surface area contributed by atoms with Crippen molar-refractivity contribution in [2.24, 2.45) is 5.41 Å². The van der Waals surface area contributed by atoms with Crippen LogP contribution in [0.4, 0.5) is 4.39 Å². The van der Waals surface area contributed by atoms with E-state index in [1.807, 2.05) is 23.9 Å². The molecule has 0 radical (unpaired) electrons. The van der Waals surface area contributed by atoms with Crippen molar-refractivity contribution < 1.29 is 23.8 Å². The lowest BCUT2D eigenvalue weighted by molar-refractivity contribution is -0.141. The molecule has 0 aliphatic carbocycles. The van der Waals surface area contributed by atoms with Crippen molar-refractivity contribution in [3.63, 3.8) is 0 Å². The fraction of sp³-hybridized carbons (Fsp3) is 0.467. The van der Waals surface area contributed by atoms with Gasteiger partial charge in [0.05, 0.1) is 31.2 Å². The molecule has 39 heavy (non-hydrogen) atoms. The molecule has 0 unspecified atom stereocenters. The van der Waals surface area contributed by atoms with Gasteiger partial charge in [-0.3, -0.25) is 9.78 Å². The zero-order valence-corrected chi connectivity index (χ0v) is 24.1. The highest BCUT2D eigenvalue weighted by atomic mass is 35.5. The number of aliphatic carboxylic acids is 1. The van der Waals surface area contributed by atoms with Gasteiger partial charge in [0.2, 0.25) is 0 Å². The van der Waals surface area contributed by atoms with Crippen LogP contribution < -0.4 is 9.47 Å². The Balaban J connectivity index is 1.33. The number of carboxylic acids is 1. The maximum Gasteiger partial charge on any atom is 0.303 e. The summed E-state index contributed by atoms with van der Waals surface area (Å²) in [5.74, 6) is 1.65. The van der Waals surface area contributed by atoms with E-state index >= 15 is 4.39 Å². The van der Waals surface area contributed by atoms with Crippen LogP contribution in [0.3, 0.4) is 0 Å². The summed E-state index contributed by atoms with van der Waals surface area (Å²) in [6.07, 6.45) is 3.46. The summed E-state index contributed by atoms with van der Waals surface area (Å²) in [5, 5.41) is 10.6. The van der Waals surface area contributed by atoms with Crippen molar-refractivity contribution in [3.05, 3.63) is 59.2 Å². The van der Waals surface area contributed by atoms with Gasteiger partial charge in [-0.1, -0.05) is 11.6 Å². The molecule has 6 nitrogen and oxygen atoms in total. The maximum atomic E-state index is 15.8. The van der Waals surface area contributed by atoms with Crippen LogP contribution in [0, 0.1) is 5.41 Å². The molecular weight excluding hydrogens is 539 g/mol. The average Bonchev–Trinajstić information content (AvgIpc) is 2.94. The molecule has 1 aliphatic heterocycles. The van der Waals surface area contributed by atoms with Gasteiger partial charge in [-0.15, -0.1) is 11.8 Å². The van der Waals surface area contributed by atoms with Crippen LogP contribution in [0.1, 0.15) is 50.3 Å². The van der Waals surface area contributed by atoms with Gasteiger partial charge in [0.1, 0.15) is 17.7 Å². The molecule has 210 valence electrons. The van der Waals surface area contributed by atoms with Crippen molar-refractivity contribution in [3.8, 4) is 11.5 Å². The molecule has 1 aliphatic rings. The molecular formula is C30H36ClFN2O4S. The number of halogens is 2. The summed E-state index contributed by atoms with van der Waals surface area (Å²) in [7, 11) is 3.23. The first-order valence-corrected chi connectivity index (χ1v) is 14.7. The van der Waals surface area contributed by atoms with Crippen LogP contribution in [-0.4, -0.2) is 60.6 Å². The highest BCUT2D eigenvalue weighted by Gasteiger charge is 2.37. The van der Waals surface area contributed by atoms with Gasteiger partial charge in [-0.2, -0.15) is 0 Å². The number of carboxylic acid groups (broad SMARTS) is 1. The molecule has 0 amide bonds. The third kappa shape index (κ3) is 7.77. The molecule has 1 atom stereocenters. The van der Waals surface area contributed by atoms with E-state index in [4.69, 9.17) is 21.1 Å². The molecule has 4 rings (SSSR count). The standard InChI is InChI=1S/C30H36ClFN2O4S/c1-37-21-4-7-23(8-5-21)39-17-3-14-34-15-12-30(13-16-34,19-28(35)36)11-10-26(32)29-24-18-22(38-2)6-9-27(24)33-20-25(29)31/h4-9,18,20,26H,3,10-17,19H2,1-2H3,(H,35,36)/t26-/m1/s1. The van der Waals surface area contributed by atoms with E-state index in [1.54, 1.807) is 32.4 Å². The first kappa shape index (κ1) is 29.4. The Labute approximate surface area is 238 Å². The summed E-state index contributed by atoms with van der Waals surface area (Å²) in [5.41, 5.74) is 0.631. The second kappa shape index (κ2) is 13.7. The second-order valence-electron chi connectivity index (χ2n) is 10.2. The van der Waals surface area contributed by atoms with Crippen LogP contribution in [0.15, 0.2) is 53.6 Å². The molecule has 0 bridgehead atoms. The number of pyridine rings is 1. The number of hydrogen-bond donors (Lipinski definition) is 1. The van der Waals surface area contributed by atoms with Gasteiger partial charge in [0, 0.05) is 22.0 Å². The molecule has 1 aromatic heterocycles. The van der Waals surface area contributed by atoms with Gasteiger partial charge in [-0.25, -0.2) is 4.39 Å². The number of piperidine rings is 1. The summed E-state index contributed by atoms with van der Waals surface area (Å²) in [6.45, 7) is 2.62. The largest absolute Gasteiger partial charge is 0.497 e. The molecule has 0 saturated carbocycles. The zero-order valence-electron chi connectivity index (χ0n) is 22.5. The fourth-order valence-electron chi connectivity index (χ4n) is 5.43. The average molecular weight is 575 g/mol. The van der Waals surface area contributed by atoms with Crippen molar-refractivity contribution in [2.45, 2.75) is 49.6 Å². The van der Waals surface area contributed by atoms with Crippen LogP contribution in [0.25, 0.3) is 10.9 Å². The lowest BCUT2D eigenvalue weighted by Gasteiger charge is -2.41. The summed E-state index contributed by atoms with van der Waals surface area (Å²) < 4.78 is 26.3. The molecule has 1 saturated heterocycles. The third-order valence-corrected chi connectivity index (χ3v) is 9.10. The Morgan fingerprint density at radius 1 is 1.15 bits per heavy atom. The number of benzene rings is 2. The zero-order chi connectivity index (χ0) is 27.8. The normalized spacial score (nSPS) is 16.2. The highest BCUT2D eigenvalue weighted by Crippen LogP contribution is 2.44. The second-order valence-corrected chi connectivity index (χ2v) is 11.8. The van der Waals surface area contributed by atoms with Gasteiger partial charge >= 0.3 is 5.97 Å². The van der Waals surface area contributed by atoms with Crippen LogP contribution in [0.2, 0.25) is 5.02 Å². The van der Waals surface area contributed by atoms with Crippen LogP contribution in [-0.2, 0) is 4.79 Å². The lowest BCUT2D eigenvalue weighted by Crippen LogP contribution is -2.41. The predicted octanol–water partition coefficient (Wildman–Crippen LogP) is 7.44. The molecule has 2 heterocycles. The van der Waals surface area contributed by atoms with E-state index in [9.17, 15) is 9.90 Å². The quantitative estimate of drug-likeness (QED) is 0.168. The van der Waals surface area contributed by atoms with Gasteiger partial charge in [-0.05, 0) is 105 Å². The van der Waals surface area contributed by atoms with E-state index < -0.39 is 17.6 Å². The predicted molar refractivity (Wildman–Crippen MR) is 155 cm³/mol. The Bertz CT molecular complexity index is 1250. The minimum absolute atomic E-state index is 0.0551. The molecule has 9 heteroatoms. The van der Waals surface area contributed by atoms with Crippen LogP contribution in [0.5, 0.6) is 11.5 Å². The monoisotopic (exact) mass is 574 g/mol. The number of alkyl halides is 1. The summed E-state index contributed by atoms with van der Waals surface area (Å²) in [4.78, 5) is 19.7. The van der Waals surface area contributed by atoms with E-state index in [0.717, 1.165) is 50.4 Å². The number of ether oxygens (including phenoxy) is 2. The number of fused-ring (bicyclic) bond motifs is 1. The Morgan fingerprint density at radius 2 is 1.85 bits per heavy atom. The number of likely N-dealkylation sites (tertiary alicyclic amines) is 1. The van der Waals surface area contributed by atoms with Gasteiger partial charge < -0.3 is 19.5 Å². The number of aromatic nitrogens is 1. The van der Waals surface area contributed by atoms with E-state index in [1.165, 1.54) is 11.1 Å². The fourth-order valence-corrected chi connectivity index (χ4v) is 6.53. The Hall–Kier alpha value is -2.55. The van der Waals surface area contributed by atoms with Crippen LogP contribution >= 0.6 is 23.4 Å². The van der Waals surface area contributed by atoms with E-state index in [0.29, 0.717) is 28.6 Å². The smallest absolute Gasteiger partial charge is 0.303 e. The van der Waals surface area contributed by atoms with E-state index in [-0.39, 0.29) is 17.9 Å². The summed E-state index contributed by atoms with van der Waals surface area (Å²) in [6, 6.07) is 13.4. The molecule has 3 aromatic rings. The third-order valence-electron chi connectivity index (χ3n) is 7.70. The van der Waals surface area contributed by atoms with Gasteiger partial charge in [0.25, 0.3) is 0 Å². The topological polar surface area (TPSA) is 71.9 Å². The molecule has 1 N–H and O–H groups in total. The Morgan fingerprint density at radius 3 is 2.51 bits per heavy atom. The SMILES string of the molecule is COc1ccc(SCCCN2CCC(CC[C@@H](F)c3c(Cl)cnc4ccc(OC)cc34)(CC(=O)O)CC2)cc1. The Kier molecular flexibility index (Phi) is 10.3. The number of rotatable bonds is 13. The lowest BCUT2D eigenvalue weighted by atomic mass is 9.71. The number of nitrogens with zero attached hydrogens (tertiary/aromatic N) is 2. The maximum absolute atomic E-state index is 15.8. The number of thioether (sulfide) groups is 1.